The fourth-order valence-corrected chi connectivity index (χ4v) is 4.17. The first kappa shape index (κ1) is 17.3. The Morgan fingerprint density at radius 3 is 2.32 bits per heavy atom. The Labute approximate surface area is 123 Å². The van der Waals surface area contributed by atoms with Gasteiger partial charge in [-0.2, -0.15) is 11.8 Å². The second kappa shape index (κ2) is 6.33. The van der Waals surface area contributed by atoms with Gasteiger partial charge in [0.2, 0.25) is 0 Å². The molecule has 1 aliphatic rings. The maximum absolute atomic E-state index is 6.30. The van der Waals surface area contributed by atoms with Crippen LogP contribution in [-0.4, -0.2) is 60.8 Å². The van der Waals surface area contributed by atoms with Crippen molar-refractivity contribution in [2.75, 3.05) is 32.6 Å². The normalized spacial score (nSPS) is 30.8. The zero-order valence-electron chi connectivity index (χ0n) is 13.9. The fraction of sp³-hybridized carbons (Fsp3) is 1.00. The Bertz CT molecular complexity index is 294. The minimum Gasteiger partial charge on any atom is -0.368 e. The van der Waals surface area contributed by atoms with Crippen LogP contribution in [0, 0.1) is 5.92 Å². The summed E-state index contributed by atoms with van der Waals surface area (Å²) < 4.78 is 6.30. The van der Waals surface area contributed by atoms with E-state index in [4.69, 9.17) is 4.74 Å². The van der Waals surface area contributed by atoms with E-state index in [1.54, 1.807) is 0 Å². The number of thioether (sulfide) groups is 1. The first-order valence-electron chi connectivity index (χ1n) is 7.22. The van der Waals surface area contributed by atoms with E-state index in [2.05, 4.69) is 65.2 Å². The molecular weight excluding hydrogens is 256 g/mol. The van der Waals surface area contributed by atoms with E-state index in [0.29, 0.717) is 18.0 Å². The monoisotopic (exact) mass is 288 g/mol. The third-order valence-corrected chi connectivity index (χ3v) is 5.34. The summed E-state index contributed by atoms with van der Waals surface area (Å²) in [6.07, 6.45) is 2.17. The first-order valence-corrected chi connectivity index (χ1v) is 8.61. The standard InChI is InChI=1S/C15H32N2OS/c1-11(10-19-8)17(7)9-12-13(16-6)15(4,5)18-14(12,2)3/h11-13,16H,9-10H2,1-8H3. The van der Waals surface area contributed by atoms with Crippen LogP contribution >= 0.6 is 11.8 Å². The lowest BCUT2D eigenvalue weighted by atomic mass is 9.82. The van der Waals surface area contributed by atoms with Gasteiger partial charge in [-0.3, -0.25) is 0 Å². The van der Waals surface area contributed by atoms with Crippen molar-refractivity contribution in [3.05, 3.63) is 0 Å². The molecule has 0 saturated carbocycles. The van der Waals surface area contributed by atoms with Gasteiger partial charge >= 0.3 is 0 Å². The van der Waals surface area contributed by atoms with Gasteiger partial charge in [0.15, 0.2) is 0 Å². The third-order valence-electron chi connectivity index (χ3n) is 4.53. The van der Waals surface area contributed by atoms with Crippen LogP contribution < -0.4 is 5.32 Å². The summed E-state index contributed by atoms with van der Waals surface area (Å²) >= 11 is 1.91. The molecule has 0 aromatic heterocycles. The molecule has 3 nitrogen and oxygen atoms in total. The minimum absolute atomic E-state index is 0.0789. The lowest BCUT2D eigenvalue weighted by molar-refractivity contribution is -0.0794. The molecule has 1 saturated heterocycles. The molecular formula is C15H32N2OS. The molecule has 19 heavy (non-hydrogen) atoms. The van der Waals surface area contributed by atoms with Crippen molar-refractivity contribution in [1.29, 1.82) is 0 Å². The SMILES string of the molecule is CNC1C(CN(C)C(C)CSC)C(C)(C)OC1(C)C. The van der Waals surface area contributed by atoms with E-state index in [0.717, 1.165) is 6.54 Å². The number of ether oxygens (including phenoxy) is 1. The summed E-state index contributed by atoms with van der Waals surface area (Å²) in [5.41, 5.74) is -0.184. The van der Waals surface area contributed by atoms with Gasteiger partial charge in [0.25, 0.3) is 0 Å². The average Bonchev–Trinajstić information content (AvgIpc) is 2.43. The molecule has 4 heteroatoms. The second-order valence-electron chi connectivity index (χ2n) is 6.93. The summed E-state index contributed by atoms with van der Waals surface area (Å²) in [7, 11) is 4.28. The van der Waals surface area contributed by atoms with E-state index >= 15 is 0 Å². The van der Waals surface area contributed by atoms with Crippen LogP contribution in [0.5, 0.6) is 0 Å². The first-order chi connectivity index (χ1) is 8.65. The molecule has 0 aromatic rings. The lowest BCUT2D eigenvalue weighted by Gasteiger charge is -2.35. The highest BCUT2D eigenvalue weighted by Gasteiger charge is 2.53. The van der Waals surface area contributed by atoms with Crippen LogP contribution in [0.3, 0.4) is 0 Å². The Balaban J connectivity index is 2.79. The Hall–Kier alpha value is 0.230. The molecule has 114 valence electrons. The predicted molar refractivity (Wildman–Crippen MR) is 86.1 cm³/mol. The smallest absolute Gasteiger partial charge is 0.0790 e. The summed E-state index contributed by atoms with van der Waals surface area (Å²) in [6.45, 7) is 12.2. The van der Waals surface area contributed by atoms with Gasteiger partial charge in [-0.15, -0.1) is 0 Å². The van der Waals surface area contributed by atoms with Gasteiger partial charge < -0.3 is 15.0 Å². The zero-order chi connectivity index (χ0) is 14.8. The lowest BCUT2D eigenvalue weighted by Crippen LogP contribution is -2.50. The second-order valence-corrected chi connectivity index (χ2v) is 7.84. The van der Waals surface area contributed by atoms with Crippen LogP contribution in [0.1, 0.15) is 34.6 Å². The molecule has 1 N–H and O–H groups in total. The molecule has 0 aromatic carbocycles. The van der Waals surface area contributed by atoms with Crippen molar-refractivity contribution >= 4 is 11.8 Å². The molecule has 0 aliphatic carbocycles. The molecule has 1 fully saturated rings. The minimum atomic E-state index is -0.105. The van der Waals surface area contributed by atoms with Crippen molar-refractivity contribution in [1.82, 2.24) is 10.2 Å². The number of likely N-dealkylation sites (N-methyl/N-ethyl adjacent to an activating group) is 1. The van der Waals surface area contributed by atoms with Crippen molar-refractivity contribution < 1.29 is 4.74 Å². The molecule has 3 unspecified atom stereocenters. The number of rotatable bonds is 6. The number of hydrogen-bond acceptors (Lipinski definition) is 4. The Kier molecular flexibility index (Phi) is 5.76. The van der Waals surface area contributed by atoms with Crippen molar-refractivity contribution in [2.24, 2.45) is 5.92 Å². The quantitative estimate of drug-likeness (QED) is 0.811. The fourth-order valence-electron chi connectivity index (χ4n) is 3.44. The maximum atomic E-state index is 6.30. The molecule has 1 rings (SSSR count). The maximum Gasteiger partial charge on any atom is 0.0790 e. The van der Waals surface area contributed by atoms with Crippen molar-refractivity contribution in [3.63, 3.8) is 0 Å². The number of nitrogens with zero attached hydrogens (tertiary/aromatic N) is 1. The summed E-state index contributed by atoms with van der Waals surface area (Å²) in [4.78, 5) is 2.47. The average molecular weight is 289 g/mol. The van der Waals surface area contributed by atoms with E-state index in [9.17, 15) is 0 Å². The van der Waals surface area contributed by atoms with Crippen molar-refractivity contribution in [2.45, 2.75) is 57.9 Å². The van der Waals surface area contributed by atoms with Crippen LogP contribution in [0.25, 0.3) is 0 Å². The van der Waals surface area contributed by atoms with Crippen molar-refractivity contribution in [3.8, 4) is 0 Å². The number of nitrogens with one attached hydrogen (secondary N) is 1. The van der Waals surface area contributed by atoms with Gasteiger partial charge in [-0.05, 0) is 55.0 Å². The van der Waals surface area contributed by atoms with Crippen LogP contribution in [0.4, 0.5) is 0 Å². The Morgan fingerprint density at radius 1 is 1.26 bits per heavy atom. The highest BCUT2D eigenvalue weighted by Crippen LogP contribution is 2.42. The highest BCUT2D eigenvalue weighted by molar-refractivity contribution is 7.98. The van der Waals surface area contributed by atoms with Crippen LogP contribution in [0.2, 0.25) is 0 Å². The van der Waals surface area contributed by atoms with Gasteiger partial charge in [0, 0.05) is 30.3 Å². The van der Waals surface area contributed by atoms with Gasteiger partial charge in [-0.1, -0.05) is 0 Å². The Morgan fingerprint density at radius 2 is 1.84 bits per heavy atom. The third kappa shape index (κ3) is 3.87. The summed E-state index contributed by atoms with van der Waals surface area (Å²) in [6, 6.07) is 0.999. The van der Waals surface area contributed by atoms with Crippen LogP contribution in [0.15, 0.2) is 0 Å². The van der Waals surface area contributed by atoms with Gasteiger partial charge in [0.1, 0.15) is 0 Å². The largest absolute Gasteiger partial charge is 0.368 e. The molecule has 0 spiro atoms. The molecule has 0 radical (unpaired) electrons. The predicted octanol–water partition coefficient (Wildman–Crippen LogP) is 2.46. The molecule has 1 heterocycles. The molecule has 0 bridgehead atoms. The van der Waals surface area contributed by atoms with Gasteiger partial charge in [-0.25, -0.2) is 0 Å². The van der Waals surface area contributed by atoms with E-state index in [-0.39, 0.29) is 11.2 Å². The van der Waals surface area contributed by atoms with Crippen LogP contribution in [-0.2, 0) is 4.74 Å². The van der Waals surface area contributed by atoms with E-state index in [1.807, 2.05) is 11.8 Å². The highest BCUT2D eigenvalue weighted by atomic mass is 32.2. The van der Waals surface area contributed by atoms with E-state index in [1.165, 1.54) is 5.75 Å². The molecule has 1 aliphatic heterocycles. The summed E-state index contributed by atoms with van der Waals surface area (Å²) in [5.74, 6) is 1.68. The molecule has 3 atom stereocenters. The van der Waals surface area contributed by atoms with Gasteiger partial charge in [0.05, 0.1) is 11.2 Å². The summed E-state index contributed by atoms with van der Waals surface area (Å²) in [5, 5.41) is 3.48. The zero-order valence-corrected chi connectivity index (χ0v) is 14.7. The molecule has 0 amide bonds. The topological polar surface area (TPSA) is 24.5 Å². The van der Waals surface area contributed by atoms with E-state index < -0.39 is 0 Å². The number of hydrogen-bond donors (Lipinski definition) is 1.